The number of piperidine rings is 1. The van der Waals surface area contributed by atoms with Crippen molar-refractivity contribution in [3.05, 3.63) is 29.8 Å². The number of hydrogen-bond donors (Lipinski definition) is 1. The van der Waals surface area contributed by atoms with Crippen molar-refractivity contribution in [2.24, 2.45) is 0 Å². The number of ether oxygens (including phenoxy) is 1. The summed E-state index contributed by atoms with van der Waals surface area (Å²) in [7, 11) is -3.19. The Morgan fingerprint density at radius 3 is 2.40 bits per heavy atom. The first-order valence-corrected chi connectivity index (χ1v) is 10.6. The lowest BCUT2D eigenvalue weighted by atomic mass is 10.1. The first-order chi connectivity index (χ1) is 11.9. The van der Waals surface area contributed by atoms with E-state index in [1.165, 1.54) is 5.56 Å². The Kier molecular flexibility index (Phi) is 7.25. The molecule has 1 aromatic rings. The van der Waals surface area contributed by atoms with Crippen molar-refractivity contribution in [3.8, 4) is 5.75 Å². The quantitative estimate of drug-likeness (QED) is 0.761. The van der Waals surface area contributed by atoms with Crippen LogP contribution in [0.25, 0.3) is 0 Å². The molecule has 1 aliphatic heterocycles. The number of nitrogens with one attached hydrogen (secondary N) is 1. The van der Waals surface area contributed by atoms with Gasteiger partial charge in [-0.15, -0.1) is 0 Å². The van der Waals surface area contributed by atoms with Crippen LogP contribution in [0.15, 0.2) is 24.3 Å². The third-order valence-electron chi connectivity index (χ3n) is 4.40. The molecular formula is C18H28N2O4S. The van der Waals surface area contributed by atoms with E-state index >= 15 is 0 Å². The van der Waals surface area contributed by atoms with Gasteiger partial charge in [-0.25, -0.2) is 13.1 Å². The lowest BCUT2D eigenvalue weighted by Gasteiger charge is -2.32. The van der Waals surface area contributed by atoms with Crippen molar-refractivity contribution in [2.75, 3.05) is 25.4 Å². The van der Waals surface area contributed by atoms with Crippen LogP contribution in [-0.4, -0.2) is 50.7 Å². The van der Waals surface area contributed by atoms with Gasteiger partial charge in [-0.2, -0.15) is 0 Å². The summed E-state index contributed by atoms with van der Waals surface area (Å²) in [4.78, 5) is 14.0. The fourth-order valence-corrected chi connectivity index (χ4v) is 3.77. The Balaban J connectivity index is 1.75. The van der Waals surface area contributed by atoms with Crippen molar-refractivity contribution in [1.29, 1.82) is 0 Å². The van der Waals surface area contributed by atoms with Gasteiger partial charge in [0.1, 0.15) is 5.75 Å². The maximum atomic E-state index is 12.3. The molecule has 140 valence electrons. The molecule has 7 heteroatoms. The third kappa shape index (κ3) is 6.32. The summed E-state index contributed by atoms with van der Waals surface area (Å²) in [6, 6.07) is 7.75. The molecule has 1 saturated heterocycles. The Morgan fingerprint density at radius 1 is 1.20 bits per heavy atom. The van der Waals surface area contributed by atoms with Gasteiger partial charge in [-0.1, -0.05) is 25.5 Å². The first kappa shape index (κ1) is 19.7. The Labute approximate surface area is 150 Å². The maximum Gasteiger partial charge on any atom is 0.260 e. The molecule has 0 radical (unpaired) electrons. The van der Waals surface area contributed by atoms with Crippen LogP contribution in [0.2, 0.25) is 0 Å². The first-order valence-electron chi connectivity index (χ1n) is 8.93. The van der Waals surface area contributed by atoms with E-state index in [4.69, 9.17) is 4.74 Å². The van der Waals surface area contributed by atoms with Crippen LogP contribution < -0.4 is 9.46 Å². The van der Waals surface area contributed by atoms with Crippen LogP contribution in [0.1, 0.15) is 38.7 Å². The predicted octanol–water partition coefficient (Wildman–Crippen LogP) is 1.95. The molecule has 0 unspecified atom stereocenters. The van der Waals surface area contributed by atoms with Gasteiger partial charge in [0.05, 0.1) is 5.75 Å². The summed E-state index contributed by atoms with van der Waals surface area (Å²) in [5.41, 5.74) is 1.26. The molecule has 1 N–H and O–H groups in total. The Bertz CT molecular complexity index is 650. The van der Waals surface area contributed by atoms with Gasteiger partial charge in [0.25, 0.3) is 5.91 Å². The molecule has 2 rings (SSSR count). The number of sulfonamides is 1. The molecule has 6 nitrogen and oxygen atoms in total. The van der Waals surface area contributed by atoms with Crippen molar-refractivity contribution >= 4 is 15.9 Å². The summed E-state index contributed by atoms with van der Waals surface area (Å²) < 4.78 is 31.4. The van der Waals surface area contributed by atoms with E-state index in [0.717, 1.165) is 12.8 Å². The zero-order chi connectivity index (χ0) is 18.3. The molecule has 1 aliphatic rings. The maximum absolute atomic E-state index is 12.3. The number of nitrogens with zero attached hydrogens (tertiary/aromatic N) is 1. The lowest BCUT2D eigenvalue weighted by molar-refractivity contribution is -0.134. The van der Waals surface area contributed by atoms with Crippen LogP contribution in [0.4, 0.5) is 0 Å². The SMILES string of the molecule is CCCc1ccc(OCC(=O)N2CCC(NS(=O)(=O)CC)CC2)cc1. The zero-order valence-electron chi connectivity index (χ0n) is 15.0. The number of rotatable bonds is 8. The molecule has 1 amide bonds. The van der Waals surface area contributed by atoms with Gasteiger partial charge in [0.2, 0.25) is 10.0 Å². The zero-order valence-corrected chi connectivity index (χ0v) is 15.8. The van der Waals surface area contributed by atoms with Crippen LogP contribution in [0, 0.1) is 0 Å². The molecule has 0 aromatic heterocycles. The fourth-order valence-electron chi connectivity index (χ4n) is 2.86. The second kappa shape index (κ2) is 9.20. The number of carbonyl (C=O) groups is 1. The molecule has 1 heterocycles. The van der Waals surface area contributed by atoms with E-state index in [1.807, 2.05) is 24.3 Å². The van der Waals surface area contributed by atoms with Crippen LogP contribution in [0.5, 0.6) is 5.75 Å². The minimum atomic E-state index is -3.19. The highest BCUT2D eigenvalue weighted by Crippen LogP contribution is 2.15. The standard InChI is InChI=1S/C18H28N2O4S/c1-3-5-15-6-8-17(9-7-15)24-14-18(21)20-12-10-16(11-13-20)19-25(22,23)4-2/h6-9,16,19H,3-5,10-14H2,1-2H3. The van der Waals surface area contributed by atoms with Gasteiger partial charge in [0.15, 0.2) is 6.61 Å². The predicted molar refractivity (Wildman–Crippen MR) is 98.1 cm³/mol. The molecule has 25 heavy (non-hydrogen) atoms. The molecule has 0 aliphatic carbocycles. The van der Waals surface area contributed by atoms with Crippen LogP contribution >= 0.6 is 0 Å². The van der Waals surface area contributed by atoms with E-state index < -0.39 is 10.0 Å². The molecule has 0 bridgehead atoms. The smallest absolute Gasteiger partial charge is 0.260 e. The van der Waals surface area contributed by atoms with E-state index in [2.05, 4.69) is 11.6 Å². The van der Waals surface area contributed by atoms with Gasteiger partial charge in [0, 0.05) is 19.1 Å². The number of amides is 1. The van der Waals surface area contributed by atoms with Crippen molar-refractivity contribution < 1.29 is 17.9 Å². The highest BCUT2D eigenvalue weighted by molar-refractivity contribution is 7.89. The van der Waals surface area contributed by atoms with E-state index in [9.17, 15) is 13.2 Å². The number of carbonyl (C=O) groups excluding carboxylic acids is 1. The minimum absolute atomic E-state index is 0.0124. The number of benzene rings is 1. The average molecular weight is 368 g/mol. The summed E-state index contributed by atoms with van der Waals surface area (Å²) >= 11 is 0. The minimum Gasteiger partial charge on any atom is -0.484 e. The van der Waals surface area contributed by atoms with Crippen LogP contribution in [0.3, 0.4) is 0 Å². The van der Waals surface area contributed by atoms with Crippen molar-refractivity contribution in [1.82, 2.24) is 9.62 Å². The van der Waals surface area contributed by atoms with E-state index in [-0.39, 0.29) is 24.3 Å². The van der Waals surface area contributed by atoms with E-state index in [0.29, 0.717) is 31.7 Å². The molecular weight excluding hydrogens is 340 g/mol. The number of hydrogen-bond acceptors (Lipinski definition) is 4. The summed E-state index contributed by atoms with van der Waals surface area (Å²) in [5.74, 6) is 0.713. The molecule has 1 fully saturated rings. The fraction of sp³-hybridized carbons (Fsp3) is 0.611. The van der Waals surface area contributed by atoms with Crippen LogP contribution in [-0.2, 0) is 21.2 Å². The monoisotopic (exact) mass is 368 g/mol. The van der Waals surface area contributed by atoms with Gasteiger partial charge >= 0.3 is 0 Å². The Morgan fingerprint density at radius 2 is 1.84 bits per heavy atom. The number of likely N-dealkylation sites (tertiary alicyclic amines) is 1. The molecule has 1 aromatic carbocycles. The average Bonchev–Trinajstić information content (AvgIpc) is 2.61. The van der Waals surface area contributed by atoms with Crippen molar-refractivity contribution in [2.45, 2.75) is 45.6 Å². The highest BCUT2D eigenvalue weighted by atomic mass is 32.2. The lowest BCUT2D eigenvalue weighted by Crippen LogP contribution is -2.47. The second-order valence-electron chi connectivity index (χ2n) is 6.36. The van der Waals surface area contributed by atoms with Gasteiger partial charge < -0.3 is 9.64 Å². The number of aryl methyl sites for hydroxylation is 1. The molecule has 0 atom stereocenters. The second-order valence-corrected chi connectivity index (χ2v) is 8.40. The Hall–Kier alpha value is -1.60. The van der Waals surface area contributed by atoms with Gasteiger partial charge in [-0.05, 0) is 43.9 Å². The largest absolute Gasteiger partial charge is 0.484 e. The normalized spacial score (nSPS) is 16.0. The third-order valence-corrected chi connectivity index (χ3v) is 5.85. The highest BCUT2D eigenvalue weighted by Gasteiger charge is 2.25. The van der Waals surface area contributed by atoms with E-state index in [1.54, 1.807) is 11.8 Å². The molecule has 0 saturated carbocycles. The molecule has 0 spiro atoms. The topological polar surface area (TPSA) is 75.7 Å². The summed E-state index contributed by atoms with van der Waals surface area (Å²) in [6.07, 6.45) is 3.41. The van der Waals surface area contributed by atoms with Gasteiger partial charge in [-0.3, -0.25) is 4.79 Å². The van der Waals surface area contributed by atoms with Crippen molar-refractivity contribution in [3.63, 3.8) is 0 Å². The summed E-state index contributed by atoms with van der Waals surface area (Å²) in [5, 5.41) is 0. The summed E-state index contributed by atoms with van der Waals surface area (Å²) in [6.45, 7) is 4.87.